The summed E-state index contributed by atoms with van der Waals surface area (Å²) in [7, 11) is 0. The van der Waals surface area contributed by atoms with Crippen LogP contribution in [0.3, 0.4) is 0 Å². The maximum Gasteiger partial charge on any atom is 0.220 e. The molecule has 0 radical (unpaired) electrons. The van der Waals surface area contributed by atoms with Gasteiger partial charge in [0.05, 0.1) is 12.7 Å². The van der Waals surface area contributed by atoms with Crippen molar-refractivity contribution >= 4 is 5.91 Å². The van der Waals surface area contributed by atoms with Crippen LogP contribution < -0.4 is 10.6 Å². The van der Waals surface area contributed by atoms with Gasteiger partial charge in [0.1, 0.15) is 0 Å². The van der Waals surface area contributed by atoms with E-state index in [0.717, 1.165) is 25.9 Å². The summed E-state index contributed by atoms with van der Waals surface area (Å²) in [5.41, 5.74) is 0. The molecule has 1 aliphatic rings. The highest BCUT2D eigenvalue weighted by Gasteiger charge is 2.16. The first-order valence-electron chi connectivity index (χ1n) is 5.71. The Kier molecular flexibility index (Phi) is 3.93. The van der Waals surface area contributed by atoms with Crippen molar-refractivity contribution in [3.8, 4) is 0 Å². The molecular weight excluding hydrogens is 206 g/mol. The lowest BCUT2D eigenvalue weighted by molar-refractivity contribution is -0.122. The van der Waals surface area contributed by atoms with Gasteiger partial charge in [-0.3, -0.25) is 4.79 Å². The highest BCUT2D eigenvalue weighted by Crippen LogP contribution is 2.15. The van der Waals surface area contributed by atoms with E-state index in [4.69, 9.17) is 4.52 Å². The van der Waals surface area contributed by atoms with E-state index in [0.29, 0.717) is 24.6 Å². The molecule has 0 unspecified atom stereocenters. The van der Waals surface area contributed by atoms with Crippen molar-refractivity contribution in [1.29, 1.82) is 0 Å². The van der Waals surface area contributed by atoms with Gasteiger partial charge in [-0.05, 0) is 31.8 Å². The van der Waals surface area contributed by atoms with Crippen LogP contribution in [0.15, 0.2) is 16.8 Å². The van der Waals surface area contributed by atoms with Crippen molar-refractivity contribution in [2.45, 2.75) is 25.8 Å². The lowest BCUT2D eigenvalue weighted by Gasteiger charge is -2.21. The summed E-state index contributed by atoms with van der Waals surface area (Å²) in [6, 6.07) is 1.75. The molecule has 1 amide bonds. The molecule has 1 fully saturated rings. The fourth-order valence-corrected chi connectivity index (χ4v) is 1.94. The lowest BCUT2D eigenvalue weighted by Crippen LogP contribution is -2.32. The summed E-state index contributed by atoms with van der Waals surface area (Å²) in [5, 5.41) is 9.71. The standard InChI is InChI=1S/C11H17N3O2/c15-11(7-9-1-4-12-5-2-9)13-8-10-3-6-14-16-10/h3,6,9,12H,1-2,4-5,7-8H2,(H,13,15). The second kappa shape index (κ2) is 5.65. The zero-order chi connectivity index (χ0) is 11.2. The van der Waals surface area contributed by atoms with Gasteiger partial charge in [0.25, 0.3) is 0 Å². The predicted molar refractivity (Wildman–Crippen MR) is 58.6 cm³/mol. The number of hydrogen-bond acceptors (Lipinski definition) is 4. The first-order chi connectivity index (χ1) is 7.84. The Morgan fingerprint density at radius 2 is 2.38 bits per heavy atom. The molecule has 2 N–H and O–H groups in total. The third-order valence-electron chi connectivity index (χ3n) is 2.88. The predicted octanol–water partition coefficient (Wildman–Crippen LogP) is 0.680. The Morgan fingerprint density at radius 3 is 3.06 bits per heavy atom. The minimum atomic E-state index is 0.100. The van der Waals surface area contributed by atoms with Crippen LogP contribution in [-0.4, -0.2) is 24.2 Å². The fraction of sp³-hybridized carbons (Fsp3) is 0.636. The third kappa shape index (κ3) is 3.34. The van der Waals surface area contributed by atoms with E-state index in [9.17, 15) is 4.79 Å². The number of carbonyl (C=O) groups excluding carboxylic acids is 1. The molecule has 5 heteroatoms. The van der Waals surface area contributed by atoms with E-state index in [-0.39, 0.29) is 5.91 Å². The van der Waals surface area contributed by atoms with E-state index in [1.807, 2.05) is 0 Å². The van der Waals surface area contributed by atoms with Gasteiger partial charge in [0.2, 0.25) is 5.91 Å². The van der Waals surface area contributed by atoms with Crippen LogP contribution in [0.4, 0.5) is 0 Å². The minimum absolute atomic E-state index is 0.100. The van der Waals surface area contributed by atoms with Gasteiger partial charge in [0.15, 0.2) is 5.76 Å². The number of nitrogens with one attached hydrogen (secondary N) is 2. The van der Waals surface area contributed by atoms with Crippen molar-refractivity contribution in [3.63, 3.8) is 0 Å². The van der Waals surface area contributed by atoms with E-state index in [1.54, 1.807) is 12.3 Å². The summed E-state index contributed by atoms with van der Waals surface area (Å²) >= 11 is 0. The lowest BCUT2D eigenvalue weighted by atomic mass is 9.94. The second-order valence-electron chi connectivity index (χ2n) is 4.15. The number of nitrogens with zero attached hydrogens (tertiary/aromatic N) is 1. The third-order valence-corrected chi connectivity index (χ3v) is 2.88. The molecule has 0 aromatic carbocycles. The van der Waals surface area contributed by atoms with Gasteiger partial charge >= 0.3 is 0 Å². The smallest absolute Gasteiger partial charge is 0.220 e. The molecule has 0 aliphatic carbocycles. The fourth-order valence-electron chi connectivity index (χ4n) is 1.94. The van der Waals surface area contributed by atoms with Crippen molar-refractivity contribution in [2.24, 2.45) is 5.92 Å². The molecule has 1 aromatic heterocycles. The van der Waals surface area contributed by atoms with Gasteiger partial charge in [-0.15, -0.1) is 0 Å². The van der Waals surface area contributed by atoms with E-state index in [1.165, 1.54) is 0 Å². The number of amides is 1. The first-order valence-corrected chi connectivity index (χ1v) is 5.71. The van der Waals surface area contributed by atoms with Crippen LogP contribution in [0.25, 0.3) is 0 Å². The average Bonchev–Trinajstić information content (AvgIpc) is 2.81. The molecule has 2 rings (SSSR count). The van der Waals surface area contributed by atoms with E-state index >= 15 is 0 Å². The monoisotopic (exact) mass is 223 g/mol. The van der Waals surface area contributed by atoms with Gasteiger partial charge in [-0.1, -0.05) is 5.16 Å². The Labute approximate surface area is 94.6 Å². The summed E-state index contributed by atoms with van der Waals surface area (Å²) in [5.74, 6) is 1.32. The molecule has 1 saturated heterocycles. The van der Waals surface area contributed by atoms with Crippen LogP contribution in [0.5, 0.6) is 0 Å². The molecule has 5 nitrogen and oxygen atoms in total. The van der Waals surface area contributed by atoms with Gasteiger partial charge in [-0.2, -0.15) is 0 Å². The van der Waals surface area contributed by atoms with Crippen molar-refractivity contribution in [2.75, 3.05) is 13.1 Å². The number of rotatable bonds is 4. The molecular formula is C11H17N3O2. The summed E-state index contributed by atoms with van der Waals surface area (Å²) in [6.45, 7) is 2.49. The quantitative estimate of drug-likeness (QED) is 0.787. The van der Waals surface area contributed by atoms with Gasteiger partial charge in [-0.25, -0.2) is 0 Å². The molecule has 1 aliphatic heterocycles. The van der Waals surface area contributed by atoms with Gasteiger partial charge < -0.3 is 15.2 Å². The molecule has 2 heterocycles. The zero-order valence-electron chi connectivity index (χ0n) is 9.24. The summed E-state index contributed by atoms with van der Waals surface area (Å²) in [4.78, 5) is 11.6. The SMILES string of the molecule is O=C(CC1CCNCC1)NCc1ccno1. The highest BCUT2D eigenvalue weighted by molar-refractivity contribution is 5.76. The number of aromatic nitrogens is 1. The van der Waals surface area contributed by atoms with Crippen molar-refractivity contribution in [3.05, 3.63) is 18.0 Å². The number of piperidine rings is 1. The van der Waals surface area contributed by atoms with E-state index < -0.39 is 0 Å². The van der Waals surface area contributed by atoms with Crippen molar-refractivity contribution < 1.29 is 9.32 Å². The van der Waals surface area contributed by atoms with E-state index in [2.05, 4.69) is 15.8 Å². The molecule has 0 spiro atoms. The van der Waals surface area contributed by atoms with Crippen molar-refractivity contribution in [1.82, 2.24) is 15.8 Å². The summed E-state index contributed by atoms with van der Waals surface area (Å²) in [6.07, 6.45) is 4.38. The van der Waals surface area contributed by atoms with Crippen LogP contribution in [0, 0.1) is 5.92 Å². The molecule has 16 heavy (non-hydrogen) atoms. The largest absolute Gasteiger partial charge is 0.360 e. The molecule has 0 saturated carbocycles. The van der Waals surface area contributed by atoms with Crippen LogP contribution in [-0.2, 0) is 11.3 Å². The molecule has 0 atom stereocenters. The highest BCUT2D eigenvalue weighted by atomic mass is 16.5. The Hall–Kier alpha value is -1.36. The Bertz CT molecular complexity index is 318. The molecule has 1 aromatic rings. The zero-order valence-corrected chi connectivity index (χ0v) is 9.24. The Balaban J connectivity index is 1.67. The average molecular weight is 223 g/mol. The van der Waals surface area contributed by atoms with Crippen LogP contribution >= 0.6 is 0 Å². The second-order valence-corrected chi connectivity index (χ2v) is 4.15. The Morgan fingerprint density at radius 1 is 1.56 bits per heavy atom. The first kappa shape index (κ1) is 11.1. The number of carbonyl (C=O) groups is 1. The molecule has 88 valence electrons. The summed E-state index contributed by atoms with van der Waals surface area (Å²) < 4.78 is 4.90. The van der Waals surface area contributed by atoms with Crippen LogP contribution in [0.2, 0.25) is 0 Å². The maximum absolute atomic E-state index is 11.6. The maximum atomic E-state index is 11.6. The normalized spacial score (nSPS) is 17.2. The topological polar surface area (TPSA) is 67.2 Å². The van der Waals surface area contributed by atoms with Crippen LogP contribution in [0.1, 0.15) is 25.0 Å². The van der Waals surface area contributed by atoms with Gasteiger partial charge in [0, 0.05) is 12.5 Å². The number of hydrogen-bond donors (Lipinski definition) is 2. The minimum Gasteiger partial charge on any atom is -0.360 e. The molecule has 0 bridgehead atoms.